The second-order valence-corrected chi connectivity index (χ2v) is 3.67. The third-order valence-electron chi connectivity index (χ3n) is 1.94. The summed E-state index contributed by atoms with van der Waals surface area (Å²) in [6.07, 6.45) is 0. The van der Waals surface area contributed by atoms with E-state index in [9.17, 15) is 0 Å². The summed E-state index contributed by atoms with van der Waals surface area (Å²) in [5.41, 5.74) is 8.96. The van der Waals surface area contributed by atoms with Gasteiger partial charge < -0.3 is 10.6 Å². The first-order chi connectivity index (χ1) is 6.77. The molecule has 0 atom stereocenters. The van der Waals surface area contributed by atoms with E-state index in [1.807, 2.05) is 12.1 Å². The largest absolute Gasteiger partial charge is 0.369 e. The topological polar surface area (TPSA) is 27.0 Å². The molecule has 0 amide bonds. The lowest BCUT2D eigenvalue weighted by Gasteiger charge is -2.22. The first-order valence-corrected chi connectivity index (χ1v) is 5.53. The second kappa shape index (κ2) is 5.99. The summed E-state index contributed by atoms with van der Waals surface area (Å²) in [6.45, 7) is 1.57. The third-order valence-corrected chi connectivity index (χ3v) is 2.28. The minimum atomic E-state index is 0.519. The smallest absolute Gasteiger partial charge is 0.0541 e. The van der Waals surface area contributed by atoms with E-state index >= 15 is 0 Å². The quantitative estimate of drug-likeness (QED) is 0.717. The maximum atomic E-state index is 7.37. The van der Waals surface area contributed by atoms with Crippen LogP contribution in [-0.4, -0.2) is 24.8 Å². The number of rotatable bonds is 5. The van der Waals surface area contributed by atoms with Crippen LogP contribution in [0.1, 0.15) is 0 Å². The zero-order chi connectivity index (χ0) is 10.4. The molecule has 0 saturated carbocycles. The van der Waals surface area contributed by atoms with Crippen molar-refractivity contribution in [3.63, 3.8) is 0 Å². The molecule has 0 saturated heterocycles. The van der Waals surface area contributed by atoms with Crippen LogP contribution in [0, 0.1) is 0 Å². The van der Waals surface area contributed by atoms with Crippen molar-refractivity contribution in [2.45, 2.75) is 0 Å². The monoisotopic (exact) mass is 231 g/mol. The Morgan fingerprint density at radius 1 is 1.00 bits per heavy atom. The minimum Gasteiger partial charge on any atom is -0.369 e. The molecule has 1 aromatic rings. The van der Waals surface area contributed by atoms with Gasteiger partial charge in [-0.2, -0.15) is 0 Å². The predicted octanol–water partition coefficient (Wildman–Crippen LogP) is 2.89. The van der Waals surface area contributed by atoms with Crippen LogP contribution < -0.4 is 10.6 Å². The fourth-order valence-corrected chi connectivity index (χ4v) is 1.65. The first-order valence-electron chi connectivity index (χ1n) is 4.46. The Balaban J connectivity index is 2.71. The van der Waals surface area contributed by atoms with Crippen LogP contribution in [0.4, 0.5) is 11.4 Å². The summed E-state index contributed by atoms with van der Waals surface area (Å²) < 4.78 is 0. The van der Waals surface area contributed by atoms with Crippen LogP contribution in [0.3, 0.4) is 0 Å². The van der Waals surface area contributed by atoms with Gasteiger partial charge in [0, 0.05) is 30.5 Å². The SMILES string of the molecule is [NH]c1ccc(N(CCCl)CCCl)cc1. The van der Waals surface area contributed by atoms with Crippen LogP contribution in [-0.2, 0) is 0 Å². The van der Waals surface area contributed by atoms with Gasteiger partial charge in [-0.3, -0.25) is 0 Å². The Labute approximate surface area is 94.6 Å². The normalized spacial score (nSPS) is 10.1. The molecule has 0 unspecified atom stereocenters. The van der Waals surface area contributed by atoms with Crippen molar-refractivity contribution >= 4 is 34.6 Å². The number of hydrogen-bond donors (Lipinski definition) is 0. The fourth-order valence-electron chi connectivity index (χ4n) is 1.25. The van der Waals surface area contributed by atoms with Crippen LogP contribution in [0.5, 0.6) is 0 Å². The molecule has 4 heteroatoms. The van der Waals surface area contributed by atoms with Crippen molar-refractivity contribution in [3.05, 3.63) is 24.3 Å². The molecule has 0 aliphatic heterocycles. The number of benzene rings is 1. The van der Waals surface area contributed by atoms with Crippen LogP contribution in [0.25, 0.3) is 0 Å². The molecular weight excluding hydrogens is 219 g/mol. The molecule has 0 bridgehead atoms. The number of halogens is 2. The molecule has 1 N–H and O–H groups in total. The average molecular weight is 232 g/mol. The maximum absolute atomic E-state index is 7.37. The summed E-state index contributed by atoms with van der Waals surface area (Å²) in [4.78, 5) is 2.11. The van der Waals surface area contributed by atoms with Crippen LogP contribution >= 0.6 is 23.2 Å². The highest BCUT2D eigenvalue weighted by atomic mass is 35.5. The van der Waals surface area contributed by atoms with Gasteiger partial charge in [-0.05, 0) is 24.3 Å². The van der Waals surface area contributed by atoms with Crippen molar-refractivity contribution in [2.24, 2.45) is 0 Å². The summed E-state index contributed by atoms with van der Waals surface area (Å²) in [5, 5.41) is 0. The predicted molar refractivity (Wildman–Crippen MR) is 62.9 cm³/mol. The average Bonchev–Trinajstić information content (AvgIpc) is 2.19. The molecule has 0 aliphatic rings. The highest BCUT2D eigenvalue weighted by molar-refractivity contribution is 6.18. The van der Waals surface area contributed by atoms with E-state index in [0.29, 0.717) is 17.4 Å². The van der Waals surface area contributed by atoms with Gasteiger partial charge in [0.2, 0.25) is 0 Å². The standard InChI is InChI=1S/C10H13Cl2N2/c11-5-7-14(8-6-12)10-3-1-9(13)2-4-10/h1-4,13H,5-8H2. The molecule has 1 aromatic carbocycles. The van der Waals surface area contributed by atoms with E-state index in [1.165, 1.54) is 0 Å². The van der Waals surface area contributed by atoms with Gasteiger partial charge in [-0.25, -0.2) is 0 Å². The molecular formula is C10H13Cl2N2. The molecule has 14 heavy (non-hydrogen) atoms. The lowest BCUT2D eigenvalue weighted by Crippen LogP contribution is -2.27. The molecule has 1 rings (SSSR count). The Bertz CT molecular complexity index is 255. The van der Waals surface area contributed by atoms with E-state index < -0.39 is 0 Å². The number of anilines is 1. The van der Waals surface area contributed by atoms with E-state index in [2.05, 4.69) is 4.90 Å². The molecule has 77 valence electrons. The molecule has 0 heterocycles. The number of nitrogens with zero attached hydrogens (tertiary/aromatic N) is 1. The second-order valence-electron chi connectivity index (χ2n) is 2.91. The molecule has 1 radical (unpaired) electrons. The number of alkyl halides is 2. The number of nitrogens with one attached hydrogen (secondary N) is 1. The summed E-state index contributed by atoms with van der Waals surface area (Å²) in [6, 6.07) is 7.37. The van der Waals surface area contributed by atoms with Crippen LogP contribution in [0.15, 0.2) is 24.3 Å². The third kappa shape index (κ3) is 3.28. The Kier molecular flexibility index (Phi) is 4.91. The number of hydrogen-bond acceptors (Lipinski definition) is 1. The highest BCUT2D eigenvalue weighted by Gasteiger charge is 2.04. The zero-order valence-corrected chi connectivity index (χ0v) is 9.35. The van der Waals surface area contributed by atoms with E-state index in [4.69, 9.17) is 28.9 Å². The first kappa shape index (κ1) is 11.5. The lowest BCUT2D eigenvalue weighted by atomic mass is 10.2. The zero-order valence-electron chi connectivity index (χ0n) is 7.84. The Hall–Kier alpha value is -0.600. The van der Waals surface area contributed by atoms with Gasteiger partial charge in [-0.1, -0.05) is 0 Å². The van der Waals surface area contributed by atoms with Crippen molar-refractivity contribution in [1.82, 2.24) is 5.73 Å². The van der Waals surface area contributed by atoms with Gasteiger partial charge in [0.25, 0.3) is 0 Å². The van der Waals surface area contributed by atoms with E-state index in [0.717, 1.165) is 18.8 Å². The van der Waals surface area contributed by atoms with E-state index in [-0.39, 0.29) is 0 Å². The molecule has 0 aliphatic carbocycles. The van der Waals surface area contributed by atoms with Crippen LogP contribution in [0.2, 0.25) is 0 Å². The molecule has 0 spiro atoms. The molecule has 0 fully saturated rings. The molecule has 2 nitrogen and oxygen atoms in total. The van der Waals surface area contributed by atoms with Gasteiger partial charge in [0.15, 0.2) is 0 Å². The van der Waals surface area contributed by atoms with Gasteiger partial charge in [0.05, 0.1) is 5.69 Å². The highest BCUT2D eigenvalue weighted by Crippen LogP contribution is 2.16. The summed E-state index contributed by atoms with van der Waals surface area (Å²) in [7, 11) is 0. The van der Waals surface area contributed by atoms with Gasteiger partial charge in [-0.15, -0.1) is 23.2 Å². The van der Waals surface area contributed by atoms with E-state index in [1.54, 1.807) is 12.1 Å². The molecule has 0 aromatic heterocycles. The summed E-state index contributed by atoms with van der Waals surface area (Å²) in [5.74, 6) is 1.17. The van der Waals surface area contributed by atoms with Gasteiger partial charge >= 0.3 is 0 Å². The summed E-state index contributed by atoms with van der Waals surface area (Å²) >= 11 is 11.4. The van der Waals surface area contributed by atoms with Crippen molar-refractivity contribution < 1.29 is 0 Å². The van der Waals surface area contributed by atoms with Crippen molar-refractivity contribution in [2.75, 3.05) is 29.7 Å². The Morgan fingerprint density at radius 2 is 1.50 bits per heavy atom. The van der Waals surface area contributed by atoms with Crippen molar-refractivity contribution in [3.8, 4) is 0 Å². The Morgan fingerprint density at radius 3 is 1.93 bits per heavy atom. The van der Waals surface area contributed by atoms with Crippen molar-refractivity contribution in [1.29, 1.82) is 0 Å². The maximum Gasteiger partial charge on any atom is 0.0541 e. The minimum absolute atomic E-state index is 0.519. The lowest BCUT2D eigenvalue weighted by molar-refractivity contribution is 0.874. The van der Waals surface area contributed by atoms with Gasteiger partial charge in [0.1, 0.15) is 0 Å². The fraction of sp³-hybridized carbons (Fsp3) is 0.400.